The molecule has 6 rings (SSSR count). The van der Waals surface area contributed by atoms with Gasteiger partial charge in [-0.1, -0.05) is 58.7 Å². The van der Waals surface area contributed by atoms with Crippen molar-refractivity contribution in [3.05, 3.63) is 106 Å². The number of nitriles is 1. The molecule has 3 aromatic carbocycles. The van der Waals surface area contributed by atoms with Crippen LogP contribution >= 0.6 is 23.2 Å². The lowest BCUT2D eigenvalue weighted by Crippen LogP contribution is -2.24. The lowest BCUT2D eigenvalue weighted by atomic mass is 10.0. The standard InChI is InChI=1S/C31H27Cl2FN8/c32-25-15-22(8-9-27(25)34)37-29-21(17-35)18-36-31-24(29)14-23(16-26(31)33)38-30(20-6-2-1-3-7-20)28-19-42(40-39-28)13-12-41-10-4-5-11-41/h1-3,6-9,14-16,18-19,30,38H,4-5,10-13H2,(H,36,37). The summed E-state index contributed by atoms with van der Waals surface area (Å²) in [4.78, 5) is 6.89. The molecule has 1 fully saturated rings. The van der Waals surface area contributed by atoms with E-state index in [2.05, 4.69) is 36.9 Å². The monoisotopic (exact) mass is 600 g/mol. The summed E-state index contributed by atoms with van der Waals surface area (Å²) >= 11 is 12.8. The molecule has 1 atom stereocenters. The van der Waals surface area contributed by atoms with Gasteiger partial charge in [0.15, 0.2) is 0 Å². The van der Waals surface area contributed by atoms with Gasteiger partial charge >= 0.3 is 0 Å². The van der Waals surface area contributed by atoms with Crippen LogP contribution in [0.2, 0.25) is 10.0 Å². The maximum absolute atomic E-state index is 13.8. The Hall–Kier alpha value is -4.23. The summed E-state index contributed by atoms with van der Waals surface area (Å²) in [6, 6.07) is 19.8. The van der Waals surface area contributed by atoms with Crippen LogP contribution in [0.4, 0.5) is 21.5 Å². The van der Waals surface area contributed by atoms with E-state index in [0.717, 1.165) is 37.4 Å². The smallest absolute Gasteiger partial charge is 0.141 e. The largest absolute Gasteiger partial charge is 0.373 e. The summed E-state index contributed by atoms with van der Waals surface area (Å²) in [7, 11) is 0. The van der Waals surface area contributed by atoms with Crippen LogP contribution in [0.1, 0.15) is 35.7 Å². The highest BCUT2D eigenvalue weighted by Crippen LogP contribution is 2.37. The zero-order valence-corrected chi connectivity index (χ0v) is 24.1. The fourth-order valence-electron chi connectivity index (χ4n) is 5.23. The Morgan fingerprint density at radius 1 is 0.976 bits per heavy atom. The highest BCUT2D eigenvalue weighted by Gasteiger charge is 2.21. The average Bonchev–Trinajstić information content (AvgIpc) is 3.70. The number of anilines is 3. The molecule has 2 N–H and O–H groups in total. The van der Waals surface area contributed by atoms with E-state index in [4.69, 9.17) is 23.2 Å². The normalized spacial score (nSPS) is 14.1. The topological polar surface area (TPSA) is 94.7 Å². The lowest BCUT2D eigenvalue weighted by Gasteiger charge is -2.20. The number of rotatable bonds is 9. The summed E-state index contributed by atoms with van der Waals surface area (Å²) < 4.78 is 15.7. The molecule has 2 aromatic heterocycles. The number of hydrogen-bond donors (Lipinski definition) is 2. The van der Waals surface area contributed by atoms with Gasteiger partial charge in [-0.15, -0.1) is 5.10 Å². The van der Waals surface area contributed by atoms with Gasteiger partial charge < -0.3 is 15.5 Å². The van der Waals surface area contributed by atoms with Gasteiger partial charge in [-0.25, -0.2) is 4.39 Å². The molecule has 8 nitrogen and oxygen atoms in total. The second-order valence-electron chi connectivity index (χ2n) is 10.2. The fourth-order valence-corrected chi connectivity index (χ4v) is 5.67. The molecule has 0 amide bonds. The van der Waals surface area contributed by atoms with Crippen LogP contribution in [0.15, 0.2) is 73.1 Å². The Bertz CT molecular complexity index is 1760. The third-order valence-corrected chi connectivity index (χ3v) is 7.95. The van der Waals surface area contributed by atoms with Gasteiger partial charge in [0.25, 0.3) is 0 Å². The molecule has 11 heteroatoms. The Kier molecular flexibility index (Phi) is 8.20. The van der Waals surface area contributed by atoms with Gasteiger partial charge in [0.05, 0.1) is 45.6 Å². The molecule has 1 aliphatic rings. The first kappa shape index (κ1) is 27.9. The van der Waals surface area contributed by atoms with Crippen LogP contribution < -0.4 is 10.6 Å². The Balaban J connectivity index is 1.36. The van der Waals surface area contributed by atoms with E-state index in [9.17, 15) is 9.65 Å². The predicted octanol–water partition coefficient (Wildman–Crippen LogP) is 7.18. The minimum absolute atomic E-state index is 0.0311. The fraction of sp³-hybridized carbons (Fsp3) is 0.226. The van der Waals surface area contributed by atoms with E-state index in [-0.39, 0.29) is 11.1 Å². The molecule has 1 saturated heterocycles. The van der Waals surface area contributed by atoms with Crippen LogP contribution in [0.25, 0.3) is 10.9 Å². The number of nitrogens with zero attached hydrogens (tertiary/aromatic N) is 6. The van der Waals surface area contributed by atoms with E-state index < -0.39 is 5.82 Å². The van der Waals surface area contributed by atoms with E-state index in [1.165, 1.54) is 31.2 Å². The van der Waals surface area contributed by atoms with E-state index in [0.29, 0.717) is 38.6 Å². The molecule has 0 radical (unpaired) electrons. The molecule has 0 bridgehead atoms. The number of hydrogen-bond acceptors (Lipinski definition) is 7. The van der Waals surface area contributed by atoms with Crippen molar-refractivity contribution in [3.8, 4) is 6.07 Å². The zero-order chi connectivity index (χ0) is 29.1. The summed E-state index contributed by atoms with van der Waals surface area (Å²) in [6.07, 6.45) is 5.93. The van der Waals surface area contributed by atoms with E-state index in [1.54, 1.807) is 12.1 Å². The molecule has 5 aromatic rings. The van der Waals surface area contributed by atoms with Crippen molar-refractivity contribution in [1.29, 1.82) is 5.26 Å². The number of aromatic nitrogens is 4. The molecule has 212 valence electrons. The van der Waals surface area contributed by atoms with E-state index >= 15 is 0 Å². The maximum atomic E-state index is 13.8. The van der Waals surface area contributed by atoms with Gasteiger partial charge in [-0.05, 0) is 61.8 Å². The quantitative estimate of drug-likeness (QED) is 0.185. The second kappa shape index (κ2) is 12.3. The summed E-state index contributed by atoms with van der Waals surface area (Å²) in [5, 5.41) is 26.6. The number of pyridine rings is 1. The van der Waals surface area contributed by atoms with Crippen LogP contribution in [-0.4, -0.2) is 44.5 Å². The van der Waals surface area contributed by atoms with Crippen molar-refractivity contribution < 1.29 is 4.39 Å². The highest BCUT2D eigenvalue weighted by molar-refractivity contribution is 6.36. The molecule has 42 heavy (non-hydrogen) atoms. The number of benzene rings is 3. The molecular formula is C31H27Cl2FN8. The maximum Gasteiger partial charge on any atom is 0.141 e. The summed E-state index contributed by atoms with van der Waals surface area (Å²) in [5.41, 5.74) is 4.29. The number of fused-ring (bicyclic) bond motifs is 1. The van der Waals surface area contributed by atoms with Gasteiger partial charge in [0.1, 0.15) is 17.6 Å². The minimum Gasteiger partial charge on any atom is -0.373 e. The minimum atomic E-state index is -0.531. The number of likely N-dealkylation sites (tertiary alicyclic amines) is 1. The van der Waals surface area contributed by atoms with Gasteiger partial charge in [-0.2, -0.15) is 5.26 Å². The molecular weight excluding hydrogens is 574 g/mol. The molecule has 3 heterocycles. The zero-order valence-electron chi connectivity index (χ0n) is 22.6. The van der Waals surface area contributed by atoms with Crippen molar-refractivity contribution in [2.24, 2.45) is 0 Å². The predicted molar refractivity (Wildman–Crippen MR) is 164 cm³/mol. The average molecular weight is 602 g/mol. The summed E-state index contributed by atoms with van der Waals surface area (Å²) in [6.45, 7) is 3.97. The number of halogens is 3. The molecule has 1 aliphatic heterocycles. The van der Waals surface area contributed by atoms with Crippen LogP contribution in [0.5, 0.6) is 0 Å². The third-order valence-electron chi connectivity index (χ3n) is 7.37. The SMILES string of the molecule is N#Cc1cnc2c(Cl)cc(NC(c3ccccc3)c3cn(CCN4CCCC4)nn3)cc2c1Nc1ccc(F)c(Cl)c1. The van der Waals surface area contributed by atoms with Gasteiger partial charge in [0, 0.05) is 29.5 Å². The van der Waals surface area contributed by atoms with Crippen molar-refractivity contribution >= 4 is 51.2 Å². The Labute approximate surface area is 252 Å². The van der Waals surface area contributed by atoms with Gasteiger partial charge in [0.2, 0.25) is 0 Å². The van der Waals surface area contributed by atoms with Crippen LogP contribution in [0.3, 0.4) is 0 Å². The van der Waals surface area contributed by atoms with E-state index in [1.807, 2.05) is 47.3 Å². The van der Waals surface area contributed by atoms with Crippen molar-refractivity contribution in [1.82, 2.24) is 24.9 Å². The van der Waals surface area contributed by atoms with Gasteiger partial charge in [-0.3, -0.25) is 9.67 Å². The Morgan fingerprint density at radius 3 is 2.52 bits per heavy atom. The van der Waals surface area contributed by atoms with Crippen LogP contribution in [0, 0.1) is 17.1 Å². The first-order valence-corrected chi connectivity index (χ1v) is 14.4. The van der Waals surface area contributed by atoms with Crippen molar-refractivity contribution in [3.63, 3.8) is 0 Å². The molecule has 1 unspecified atom stereocenters. The third kappa shape index (κ3) is 6.02. The summed E-state index contributed by atoms with van der Waals surface area (Å²) in [5.74, 6) is -0.531. The Morgan fingerprint density at radius 2 is 1.76 bits per heavy atom. The van der Waals surface area contributed by atoms with Crippen LogP contribution in [-0.2, 0) is 6.54 Å². The highest BCUT2D eigenvalue weighted by atomic mass is 35.5. The second-order valence-corrected chi connectivity index (χ2v) is 11.0. The molecule has 0 aliphatic carbocycles. The first-order valence-electron chi connectivity index (χ1n) is 13.7. The molecule has 0 spiro atoms. The lowest BCUT2D eigenvalue weighted by molar-refractivity contribution is 0.314. The van der Waals surface area contributed by atoms with Crippen molar-refractivity contribution in [2.75, 3.05) is 30.3 Å². The first-order chi connectivity index (χ1) is 20.5. The number of nitrogens with one attached hydrogen (secondary N) is 2. The van der Waals surface area contributed by atoms with Crippen molar-refractivity contribution in [2.45, 2.75) is 25.4 Å². The molecule has 0 saturated carbocycles.